The zero-order chi connectivity index (χ0) is 20.4. The molecule has 1 aromatic carbocycles. The lowest BCUT2D eigenvalue weighted by Gasteiger charge is -2.18. The molecule has 0 fully saturated rings. The number of aromatic nitrogens is 3. The highest BCUT2D eigenvalue weighted by Gasteiger charge is 2.20. The van der Waals surface area contributed by atoms with Crippen LogP contribution >= 0.6 is 0 Å². The fourth-order valence-electron chi connectivity index (χ4n) is 2.87. The van der Waals surface area contributed by atoms with Crippen LogP contribution in [0.2, 0.25) is 0 Å². The summed E-state index contributed by atoms with van der Waals surface area (Å²) in [6.07, 6.45) is 3.00. The molecule has 0 atom stereocenters. The number of pyridine rings is 1. The first kappa shape index (κ1) is 18.4. The van der Waals surface area contributed by atoms with Gasteiger partial charge in [0.15, 0.2) is 24.8 Å². The van der Waals surface area contributed by atoms with Crippen LogP contribution in [0.1, 0.15) is 26.4 Å². The highest BCUT2D eigenvalue weighted by Crippen LogP contribution is 2.28. The smallest absolute Gasteiger partial charge is 0.342 e. The van der Waals surface area contributed by atoms with Gasteiger partial charge >= 0.3 is 5.97 Å². The Labute approximate surface area is 165 Å². The van der Waals surface area contributed by atoms with E-state index in [4.69, 9.17) is 9.47 Å². The summed E-state index contributed by atoms with van der Waals surface area (Å²) in [6, 6.07) is 9.99. The Morgan fingerprint density at radius 3 is 2.93 bits per heavy atom. The number of nitrogens with one attached hydrogen (secondary N) is 1. The summed E-state index contributed by atoms with van der Waals surface area (Å²) in [6.45, 7) is 1.20. The van der Waals surface area contributed by atoms with E-state index in [2.05, 4.69) is 15.4 Å². The molecule has 0 aliphatic carbocycles. The third-order valence-electron chi connectivity index (χ3n) is 4.36. The Bertz CT molecular complexity index is 1110. The number of hydrogen-bond donors (Lipinski definition) is 1. The van der Waals surface area contributed by atoms with E-state index >= 15 is 0 Å². The number of ether oxygens (including phenoxy) is 2. The summed E-state index contributed by atoms with van der Waals surface area (Å²) >= 11 is 0. The van der Waals surface area contributed by atoms with Crippen LogP contribution in [0.15, 0.2) is 48.8 Å². The zero-order valence-corrected chi connectivity index (χ0v) is 15.4. The number of hydrogen-bond acceptors (Lipinski definition) is 7. The normalized spacial score (nSPS) is 12.5. The molecule has 0 spiro atoms. The van der Waals surface area contributed by atoms with E-state index in [0.717, 1.165) is 0 Å². The maximum Gasteiger partial charge on any atom is 0.342 e. The van der Waals surface area contributed by atoms with Crippen molar-refractivity contribution < 1.29 is 23.9 Å². The lowest BCUT2D eigenvalue weighted by Crippen LogP contribution is -2.25. The van der Waals surface area contributed by atoms with E-state index in [1.54, 1.807) is 37.4 Å². The van der Waals surface area contributed by atoms with E-state index in [1.165, 1.54) is 16.9 Å². The molecule has 29 heavy (non-hydrogen) atoms. The van der Waals surface area contributed by atoms with Crippen LogP contribution in [-0.4, -0.2) is 45.6 Å². The van der Waals surface area contributed by atoms with Gasteiger partial charge in [-0.25, -0.2) is 14.5 Å². The van der Waals surface area contributed by atoms with Crippen molar-refractivity contribution in [3.63, 3.8) is 0 Å². The minimum absolute atomic E-state index is 0.0660. The Morgan fingerprint density at radius 2 is 2.14 bits per heavy atom. The molecule has 1 amide bonds. The summed E-state index contributed by atoms with van der Waals surface area (Å²) in [5, 5.41) is 6.79. The standard InChI is InChI=1S/C20H16N4O5/c1-12-14(9-22-24(12)18-4-2-3-7-21-18)20(27)29-10-16(25)13-5-6-17-15(8-13)23-19(26)11-28-17/h2-9H,10-11H2,1H3,(H,23,26). The second kappa shape index (κ2) is 7.55. The number of esters is 1. The Kier molecular flexibility index (Phi) is 4.78. The molecule has 0 unspecified atom stereocenters. The number of fused-ring (bicyclic) bond motifs is 1. The number of benzene rings is 1. The van der Waals surface area contributed by atoms with Gasteiger partial charge in [0.05, 0.1) is 17.6 Å². The largest absolute Gasteiger partial charge is 0.482 e. The first-order valence-corrected chi connectivity index (χ1v) is 8.76. The molecule has 3 heterocycles. The number of carbonyl (C=O) groups is 3. The maximum absolute atomic E-state index is 12.4. The topological polar surface area (TPSA) is 112 Å². The summed E-state index contributed by atoms with van der Waals surface area (Å²) < 4.78 is 11.9. The van der Waals surface area contributed by atoms with E-state index in [0.29, 0.717) is 28.5 Å². The van der Waals surface area contributed by atoms with Gasteiger partial charge in [-0.05, 0) is 37.3 Å². The third kappa shape index (κ3) is 3.70. The second-order valence-corrected chi connectivity index (χ2v) is 6.29. The Hall–Kier alpha value is -4.01. The van der Waals surface area contributed by atoms with Crippen LogP contribution in [0.5, 0.6) is 5.75 Å². The van der Waals surface area contributed by atoms with Crippen molar-refractivity contribution >= 4 is 23.3 Å². The molecule has 0 bridgehead atoms. The molecule has 0 saturated carbocycles. The van der Waals surface area contributed by atoms with Crippen molar-refractivity contribution in [2.24, 2.45) is 0 Å². The number of carbonyl (C=O) groups excluding carboxylic acids is 3. The van der Waals surface area contributed by atoms with Crippen LogP contribution in [0.3, 0.4) is 0 Å². The second-order valence-electron chi connectivity index (χ2n) is 6.29. The van der Waals surface area contributed by atoms with Crippen LogP contribution in [0.4, 0.5) is 5.69 Å². The molecular weight excluding hydrogens is 376 g/mol. The molecule has 3 aromatic rings. The number of rotatable bonds is 5. The molecule has 1 aliphatic heterocycles. The average Bonchev–Trinajstić information content (AvgIpc) is 3.13. The Balaban J connectivity index is 1.44. The molecule has 146 valence electrons. The third-order valence-corrected chi connectivity index (χ3v) is 4.36. The number of anilines is 1. The zero-order valence-electron chi connectivity index (χ0n) is 15.4. The molecule has 2 aromatic heterocycles. The summed E-state index contributed by atoms with van der Waals surface area (Å²) in [5.41, 5.74) is 1.50. The number of ketones is 1. The van der Waals surface area contributed by atoms with Gasteiger partial charge in [0, 0.05) is 11.8 Å². The first-order valence-electron chi connectivity index (χ1n) is 8.76. The average molecular weight is 392 g/mol. The van der Waals surface area contributed by atoms with Crippen LogP contribution in [-0.2, 0) is 9.53 Å². The van der Waals surface area contributed by atoms with Gasteiger partial charge in [-0.2, -0.15) is 5.10 Å². The summed E-state index contributed by atoms with van der Waals surface area (Å²) in [4.78, 5) is 40.4. The molecular formula is C20H16N4O5. The molecule has 9 heteroatoms. The Morgan fingerprint density at radius 1 is 1.28 bits per heavy atom. The van der Waals surface area contributed by atoms with Crippen molar-refractivity contribution in [3.8, 4) is 11.6 Å². The number of nitrogens with zero attached hydrogens (tertiary/aromatic N) is 3. The van der Waals surface area contributed by atoms with Crippen LogP contribution in [0, 0.1) is 6.92 Å². The fourth-order valence-corrected chi connectivity index (χ4v) is 2.87. The van der Waals surface area contributed by atoms with Crippen LogP contribution < -0.4 is 10.1 Å². The number of amides is 1. The van der Waals surface area contributed by atoms with Crippen molar-refractivity contribution in [1.82, 2.24) is 14.8 Å². The van der Waals surface area contributed by atoms with E-state index in [1.807, 2.05) is 6.07 Å². The highest BCUT2D eigenvalue weighted by molar-refractivity contribution is 6.02. The molecule has 4 rings (SSSR count). The summed E-state index contributed by atoms with van der Waals surface area (Å²) in [7, 11) is 0. The summed E-state index contributed by atoms with van der Waals surface area (Å²) in [5.74, 6) is -0.313. The van der Waals surface area contributed by atoms with Gasteiger partial charge in [0.25, 0.3) is 5.91 Å². The van der Waals surface area contributed by atoms with Crippen molar-refractivity contribution in [3.05, 3.63) is 65.6 Å². The number of Topliss-reactive ketones (excluding diaryl/α,β-unsaturated/α-hetero) is 1. The molecule has 1 aliphatic rings. The lowest BCUT2D eigenvalue weighted by molar-refractivity contribution is -0.118. The SMILES string of the molecule is Cc1c(C(=O)OCC(=O)c2ccc3c(c2)NC(=O)CO3)cnn1-c1ccccn1. The van der Waals surface area contributed by atoms with E-state index in [-0.39, 0.29) is 18.1 Å². The molecule has 0 saturated heterocycles. The van der Waals surface area contributed by atoms with Crippen molar-refractivity contribution in [2.75, 3.05) is 18.5 Å². The van der Waals surface area contributed by atoms with Gasteiger partial charge in [-0.15, -0.1) is 0 Å². The van der Waals surface area contributed by atoms with Crippen molar-refractivity contribution in [2.45, 2.75) is 6.92 Å². The predicted octanol–water partition coefficient (Wildman–Crippen LogP) is 1.95. The van der Waals surface area contributed by atoms with Crippen molar-refractivity contribution in [1.29, 1.82) is 0 Å². The predicted molar refractivity (Wildman–Crippen MR) is 101 cm³/mol. The molecule has 1 N–H and O–H groups in total. The van der Waals surface area contributed by atoms with Gasteiger partial charge in [0.1, 0.15) is 11.3 Å². The fraction of sp³-hybridized carbons (Fsp3) is 0.150. The van der Waals surface area contributed by atoms with E-state index in [9.17, 15) is 14.4 Å². The minimum atomic E-state index is -0.660. The highest BCUT2D eigenvalue weighted by atomic mass is 16.5. The molecule has 0 radical (unpaired) electrons. The van der Waals surface area contributed by atoms with Gasteiger partial charge in [0.2, 0.25) is 0 Å². The first-order chi connectivity index (χ1) is 14.0. The lowest BCUT2D eigenvalue weighted by atomic mass is 10.1. The van der Waals surface area contributed by atoms with Gasteiger partial charge < -0.3 is 14.8 Å². The van der Waals surface area contributed by atoms with E-state index < -0.39 is 18.4 Å². The maximum atomic E-state index is 12.4. The minimum Gasteiger partial charge on any atom is -0.482 e. The quantitative estimate of drug-likeness (QED) is 0.522. The monoisotopic (exact) mass is 392 g/mol. The molecule has 9 nitrogen and oxygen atoms in total. The van der Waals surface area contributed by atoms with Gasteiger partial charge in [-0.3, -0.25) is 9.59 Å². The van der Waals surface area contributed by atoms with Gasteiger partial charge in [-0.1, -0.05) is 6.07 Å². The van der Waals surface area contributed by atoms with Crippen LogP contribution in [0.25, 0.3) is 5.82 Å².